The summed E-state index contributed by atoms with van der Waals surface area (Å²) < 4.78 is 38.4. The Morgan fingerprint density at radius 1 is 1.14 bits per heavy atom. The molecule has 1 aromatic carbocycles. The first-order chi connectivity index (χ1) is 12.9. The zero-order valence-electron chi connectivity index (χ0n) is 16.6. The van der Waals surface area contributed by atoms with Gasteiger partial charge in [-0.2, -0.15) is 0 Å². The predicted octanol–water partition coefficient (Wildman–Crippen LogP) is 1.39. The van der Waals surface area contributed by atoms with E-state index in [1.807, 2.05) is 20.9 Å². The lowest BCUT2D eigenvalue weighted by molar-refractivity contribution is -0.131. The minimum absolute atomic E-state index is 0. The molecule has 1 aliphatic rings. The molecule has 0 bridgehead atoms. The number of likely N-dealkylation sites (tertiary alicyclic amines) is 1. The van der Waals surface area contributed by atoms with E-state index in [9.17, 15) is 13.2 Å². The van der Waals surface area contributed by atoms with Gasteiger partial charge in [0.1, 0.15) is 0 Å². The smallest absolute Gasteiger partial charge is 0.241 e. The molecule has 0 aromatic heterocycles. The lowest BCUT2D eigenvalue weighted by Crippen LogP contribution is -2.47. The fourth-order valence-corrected chi connectivity index (χ4v) is 3.96. The average Bonchev–Trinajstić information content (AvgIpc) is 2.68. The highest BCUT2D eigenvalue weighted by atomic mass is 35.5. The minimum atomic E-state index is -3.83. The summed E-state index contributed by atoms with van der Waals surface area (Å²) >= 11 is 0. The van der Waals surface area contributed by atoms with Gasteiger partial charge in [0.15, 0.2) is 11.5 Å². The molecule has 0 spiro atoms. The molecule has 1 fully saturated rings. The van der Waals surface area contributed by atoms with Gasteiger partial charge in [0, 0.05) is 25.2 Å². The van der Waals surface area contributed by atoms with Gasteiger partial charge in [0.25, 0.3) is 0 Å². The van der Waals surface area contributed by atoms with Crippen LogP contribution in [0.3, 0.4) is 0 Å². The summed E-state index contributed by atoms with van der Waals surface area (Å²) in [6, 6.07) is 4.83. The lowest BCUT2D eigenvalue weighted by Gasteiger charge is -2.31. The molecule has 28 heavy (non-hydrogen) atoms. The van der Waals surface area contributed by atoms with Crippen LogP contribution in [0.5, 0.6) is 11.5 Å². The topological polar surface area (TPSA) is 97.0 Å². The van der Waals surface area contributed by atoms with E-state index in [1.165, 1.54) is 12.1 Å². The standard InChI is InChI=1S/C18H29N3O5S.ClH/c1-4-25-16-7-6-15(12-17(16)26-5-2)27(23,24)20-13-18(22)21-10-8-14(19-3)9-11-21;/h6-7,12,14,19-20H,4-5,8-11,13H2,1-3H3;1H. The Morgan fingerprint density at radius 2 is 1.75 bits per heavy atom. The molecule has 1 aromatic rings. The predicted molar refractivity (Wildman–Crippen MR) is 110 cm³/mol. The number of halogens is 1. The number of nitrogens with one attached hydrogen (secondary N) is 2. The summed E-state index contributed by atoms with van der Waals surface area (Å²) in [7, 11) is -1.92. The van der Waals surface area contributed by atoms with Gasteiger partial charge in [-0.25, -0.2) is 13.1 Å². The van der Waals surface area contributed by atoms with E-state index in [0.717, 1.165) is 12.8 Å². The summed E-state index contributed by atoms with van der Waals surface area (Å²) in [6.45, 7) is 5.48. The second kappa shape index (κ2) is 11.5. The second-order valence-corrected chi connectivity index (χ2v) is 8.01. The van der Waals surface area contributed by atoms with E-state index >= 15 is 0 Å². The van der Waals surface area contributed by atoms with E-state index in [-0.39, 0.29) is 29.8 Å². The van der Waals surface area contributed by atoms with Crippen molar-refractivity contribution in [3.63, 3.8) is 0 Å². The summed E-state index contributed by atoms with van der Waals surface area (Å²) in [4.78, 5) is 14.0. The third-order valence-corrected chi connectivity index (χ3v) is 5.89. The van der Waals surface area contributed by atoms with E-state index in [4.69, 9.17) is 9.47 Å². The fraction of sp³-hybridized carbons (Fsp3) is 0.611. The number of sulfonamides is 1. The van der Waals surface area contributed by atoms with Crippen molar-refractivity contribution in [3.8, 4) is 11.5 Å². The Morgan fingerprint density at radius 3 is 2.32 bits per heavy atom. The van der Waals surface area contributed by atoms with Gasteiger partial charge < -0.3 is 19.7 Å². The summed E-state index contributed by atoms with van der Waals surface area (Å²) in [5.41, 5.74) is 0. The Balaban J connectivity index is 0.00000392. The Hall–Kier alpha value is -1.55. The number of carbonyl (C=O) groups excluding carboxylic acids is 1. The SMILES string of the molecule is CCOc1ccc(S(=O)(=O)NCC(=O)N2CCC(NC)CC2)cc1OCC.Cl. The fourth-order valence-electron chi connectivity index (χ4n) is 2.97. The summed E-state index contributed by atoms with van der Waals surface area (Å²) in [5.74, 6) is 0.633. The number of nitrogens with zero attached hydrogens (tertiary/aromatic N) is 1. The number of carbonyl (C=O) groups is 1. The maximum atomic E-state index is 12.6. The molecule has 0 unspecified atom stereocenters. The van der Waals surface area contributed by atoms with Crippen molar-refractivity contribution in [2.75, 3.05) is 39.9 Å². The van der Waals surface area contributed by atoms with Gasteiger partial charge in [-0.1, -0.05) is 0 Å². The summed E-state index contributed by atoms with van der Waals surface area (Å²) in [5, 5.41) is 3.20. The van der Waals surface area contributed by atoms with Gasteiger partial charge in [-0.15, -0.1) is 12.4 Å². The first-order valence-electron chi connectivity index (χ1n) is 9.25. The zero-order valence-corrected chi connectivity index (χ0v) is 18.2. The van der Waals surface area contributed by atoms with Crippen molar-refractivity contribution in [2.45, 2.75) is 37.6 Å². The molecule has 1 saturated heterocycles. The van der Waals surface area contributed by atoms with Gasteiger partial charge in [-0.05, 0) is 45.9 Å². The molecule has 0 aliphatic carbocycles. The third kappa shape index (κ3) is 6.51. The highest BCUT2D eigenvalue weighted by molar-refractivity contribution is 7.89. The highest BCUT2D eigenvalue weighted by Gasteiger charge is 2.24. The van der Waals surface area contributed by atoms with Gasteiger partial charge >= 0.3 is 0 Å². The van der Waals surface area contributed by atoms with Crippen molar-refractivity contribution >= 4 is 28.3 Å². The number of piperidine rings is 1. The van der Waals surface area contributed by atoms with Crippen molar-refractivity contribution in [1.82, 2.24) is 14.9 Å². The van der Waals surface area contributed by atoms with Crippen LogP contribution in [0, 0.1) is 0 Å². The van der Waals surface area contributed by atoms with Crippen molar-refractivity contribution in [1.29, 1.82) is 0 Å². The molecule has 1 amide bonds. The van der Waals surface area contributed by atoms with E-state index in [0.29, 0.717) is 43.8 Å². The van der Waals surface area contributed by atoms with Crippen LogP contribution in [-0.4, -0.2) is 65.2 Å². The van der Waals surface area contributed by atoms with E-state index in [2.05, 4.69) is 10.0 Å². The molecule has 2 rings (SSSR count). The molecular weight excluding hydrogens is 406 g/mol. The van der Waals surface area contributed by atoms with Gasteiger partial charge in [0.05, 0.1) is 24.7 Å². The highest BCUT2D eigenvalue weighted by Crippen LogP contribution is 2.30. The van der Waals surface area contributed by atoms with Gasteiger partial charge in [0.2, 0.25) is 15.9 Å². The average molecular weight is 436 g/mol. The third-order valence-electron chi connectivity index (χ3n) is 4.49. The van der Waals surface area contributed by atoms with Crippen LogP contribution in [-0.2, 0) is 14.8 Å². The van der Waals surface area contributed by atoms with Crippen LogP contribution in [0.15, 0.2) is 23.1 Å². The van der Waals surface area contributed by atoms with Crippen molar-refractivity contribution in [3.05, 3.63) is 18.2 Å². The molecule has 1 aliphatic heterocycles. The maximum Gasteiger partial charge on any atom is 0.241 e. The zero-order chi connectivity index (χ0) is 19.9. The monoisotopic (exact) mass is 435 g/mol. The second-order valence-electron chi connectivity index (χ2n) is 6.24. The quantitative estimate of drug-likeness (QED) is 0.608. The largest absolute Gasteiger partial charge is 0.490 e. The van der Waals surface area contributed by atoms with E-state index < -0.39 is 10.0 Å². The van der Waals surface area contributed by atoms with Crippen LogP contribution in [0.1, 0.15) is 26.7 Å². The van der Waals surface area contributed by atoms with Crippen LogP contribution in [0.25, 0.3) is 0 Å². The Kier molecular flexibility index (Phi) is 10.0. The molecule has 1 heterocycles. The van der Waals surface area contributed by atoms with Gasteiger partial charge in [-0.3, -0.25) is 4.79 Å². The Labute approximate surface area is 173 Å². The Bertz CT molecular complexity index is 737. The molecule has 10 heteroatoms. The summed E-state index contributed by atoms with van der Waals surface area (Å²) in [6.07, 6.45) is 1.73. The number of amides is 1. The van der Waals surface area contributed by atoms with E-state index in [1.54, 1.807) is 11.0 Å². The van der Waals surface area contributed by atoms with Crippen molar-refractivity contribution in [2.24, 2.45) is 0 Å². The maximum absolute atomic E-state index is 12.6. The molecule has 2 N–H and O–H groups in total. The first kappa shape index (κ1) is 24.5. The number of ether oxygens (including phenoxy) is 2. The normalized spacial score (nSPS) is 15.0. The van der Waals surface area contributed by atoms with Crippen LogP contribution in [0.2, 0.25) is 0 Å². The minimum Gasteiger partial charge on any atom is -0.490 e. The molecular formula is C18H30ClN3O5S. The van der Waals surface area contributed by atoms with Crippen LogP contribution in [0.4, 0.5) is 0 Å². The first-order valence-corrected chi connectivity index (χ1v) is 10.7. The van der Waals surface area contributed by atoms with Crippen molar-refractivity contribution < 1.29 is 22.7 Å². The molecule has 0 radical (unpaired) electrons. The van der Waals surface area contributed by atoms with Crippen LogP contribution >= 0.6 is 12.4 Å². The lowest BCUT2D eigenvalue weighted by atomic mass is 10.1. The number of hydrogen-bond donors (Lipinski definition) is 2. The number of benzene rings is 1. The number of rotatable bonds is 9. The molecule has 0 atom stereocenters. The number of hydrogen-bond acceptors (Lipinski definition) is 6. The molecule has 8 nitrogen and oxygen atoms in total. The molecule has 0 saturated carbocycles. The molecule has 160 valence electrons. The van der Waals surface area contributed by atoms with Crippen LogP contribution < -0.4 is 19.5 Å².